The molecule has 3 N–H and O–H groups in total. The lowest BCUT2D eigenvalue weighted by Crippen LogP contribution is -2.45. The van der Waals surface area contributed by atoms with Crippen LogP contribution in [0.15, 0.2) is 12.2 Å². The predicted molar refractivity (Wildman–Crippen MR) is 237 cm³/mol. The zero-order valence-electron chi connectivity index (χ0n) is 36.9. The van der Waals surface area contributed by atoms with E-state index in [2.05, 4.69) is 31.3 Å². The molecule has 0 aliphatic rings. The molecule has 326 valence electrons. The zero-order chi connectivity index (χ0) is 40.1. The van der Waals surface area contributed by atoms with E-state index in [1.54, 1.807) is 0 Å². The first-order valence-corrected chi connectivity index (χ1v) is 24.4. The first-order chi connectivity index (χ1) is 27.0. The van der Waals surface area contributed by atoms with E-state index in [0.29, 0.717) is 25.9 Å². The normalized spacial score (nSPS) is 12.7. The number of hydrogen-bond donors (Lipinski definition) is 3. The van der Waals surface area contributed by atoms with Crippen LogP contribution in [0.2, 0.25) is 0 Å². The van der Waals surface area contributed by atoms with Crippen molar-refractivity contribution in [2.45, 2.75) is 276 Å². The Labute approximate surface area is 342 Å². The Hall–Kier alpha value is -1.40. The van der Waals surface area contributed by atoms with Crippen molar-refractivity contribution in [3.63, 3.8) is 0 Å². The van der Waals surface area contributed by atoms with Crippen LogP contribution in [0.4, 0.5) is 0 Å². The molecule has 0 radical (unpaired) electrons. The summed E-state index contributed by atoms with van der Waals surface area (Å²) in [6.07, 6.45) is 50.3. The number of allylic oxidation sites excluding steroid dienone is 2. The summed E-state index contributed by atoms with van der Waals surface area (Å²) in [4.78, 5) is 24.4. The number of aliphatic hydroxyl groups is 2. The third kappa shape index (κ3) is 42.0. The van der Waals surface area contributed by atoms with Crippen molar-refractivity contribution < 1.29 is 24.5 Å². The molecule has 0 aromatic rings. The number of nitrogens with one attached hydrogen (secondary N) is 1. The second-order valence-electron chi connectivity index (χ2n) is 16.8. The standard InChI is InChI=1S/C49H95NO5/c1-3-5-7-9-11-13-15-16-19-23-27-31-35-39-43-49(54)55-44-40-36-32-28-24-20-17-18-22-26-30-34-38-42-48(53)50-46(45-51)47(52)41-37-33-29-25-21-14-12-10-8-6-4-2/h15-16,46-47,51-52H,3-14,17-45H2,1-2H3,(H,50,53)/b16-15-. The van der Waals surface area contributed by atoms with Crippen LogP contribution < -0.4 is 5.32 Å². The molecule has 0 saturated carbocycles. The van der Waals surface area contributed by atoms with E-state index in [-0.39, 0.29) is 18.5 Å². The van der Waals surface area contributed by atoms with Gasteiger partial charge in [0.05, 0.1) is 25.4 Å². The van der Waals surface area contributed by atoms with Gasteiger partial charge in [-0.05, 0) is 51.4 Å². The van der Waals surface area contributed by atoms with Crippen molar-refractivity contribution in [1.82, 2.24) is 5.32 Å². The number of carbonyl (C=O) groups is 2. The molecular weight excluding hydrogens is 683 g/mol. The Bertz CT molecular complexity index is 817. The molecule has 0 aliphatic heterocycles. The van der Waals surface area contributed by atoms with Gasteiger partial charge in [0.25, 0.3) is 0 Å². The summed E-state index contributed by atoms with van der Waals surface area (Å²) in [5, 5.41) is 23.1. The third-order valence-corrected chi connectivity index (χ3v) is 11.3. The molecule has 0 aliphatic carbocycles. The molecule has 0 aromatic carbocycles. The Morgan fingerprint density at radius 1 is 0.491 bits per heavy atom. The third-order valence-electron chi connectivity index (χ3n) is 11.3. The Balaban J connectivity index is 3.44. The van der Waals surface area contributed by atoms with Gasteiger partial charge in [0.1, 0.15) is 0 Å². The lowest BCUT2D eigenvalue weighted by Gasteiger charge is -2.22. The molecule has 0 saturated heterocycles. The molecule has 0 aromatic heterocycles. The van der Waals surface area contributed by atoms with Crippen LogP contribution in [0.25, 0.3) is 0 Å². The number of ether oxygens (including phenoxy) is 1. The van der Waals surface area contributed by atoms with E-state index in [1.165, 1.54) is 180 Å². The highest BCUT2D eigenvalue weighted by Crippen LogP contribution is 2.16. The number of amides is 1. The van der Waals surface area contributed by atoms with E-state index in [4.69, 9.17) is 4.74 Å². The largest absolute Gasteiger partial charge is 0.466 e. The highest BCUT2D eigenvalue weighted by Gasteiger charge is 2.20. The zero-order valence-corrected chi connectivity index (χ0v) is 36.9. The van der Waals surface area contributed by atoms with Gasteiger partial charge in [-0.2, -0.15) is 0 Å². The maximum absolute atomic E-state index is 12.4. The fourth-order valence-electron chi connectivity index (χ4n) is 7.51. The molecule has 2 atom stereocenters. The van der Waals surface area contributed by atoms with Crippen molar-refractivity contribution in [1.29, 1.82) is 0 Å². The number of esters is 1. The first-order valence-electron chi connectivity index (χ1n) is 24.4. The van der Waals surface area contributed by atoms with Crippen molar-refractivity contribution >= 4 is 11.9 Å². The van der Waals surface area contributed by atoms with Crippen LogP contribution in [0.5, 0.6) is 0 Å². The van der Waals surface area contributed by atoms with Gasteiger partial charge in [-0.15, -0.1) is 0 Å². The van der Waals surface area contributed by atoms with Crippen LogP contribution in [0, 0.1) is 0 Å². The lowest BCUT2D eigenvalue weighted by atomic mass is 10.0. The highest BCUT2D eigenvalue weighted by molar-refractivity contribution is 5.76. The SMILES string of the molecule is CCCCCCC/C=C\CCCCCCCC(=O)OCCCCCCCCCCCCCCCC(=O)NC(CO)C(O)CCCCCCCCCCCCC. The molecule has 0 bridgehead atoms. The van der Waals surface area contributed by atoms with Crippen LogP contribution in [0.3, 0.4) is 0 Å². The van der Waals surface area contributed by atoms with E-state index in [1.807, 2.05) is 0 Å². The molecule has 6 heteroatoms. The number of unbranched alkanes of at least 4 members (excludes halogenated alkanes) is 32. The van der Waals surface area contributed by atoms with Gasteiger partial charge in [0, 0.05) is 12.8 Å². The van der Waals surface area contributed by atoms with Crippen molar-refractivity contribution in [3.05, 3.63) is 12.2 Å². The predicted octanol–water partition coefficient (Wildman–Crippen LogP) is 14.2. The van der Waals surface area contributed by atoms with Gasteiger partial charge < -0.3 is 20.3 Å². The van der Waals surface area contributed by atoms with Gasteiger partial charge in [0.15, 0.2) is 0 Å². The van der Waals surface area contributed by atoms with Gasteiger partial charge in [0.2, 0.25) is 5.91 Å². The summed E-state index contributed by atoms with van der Waals surface area (Å²) in [6, 6.07) is -0.549. The summed E-state index contributed by atoms with van der Waals surface area (Å²) in [6.45, 7) is 4.90. The topological polar surface area (TPSA) is 95.9 Å². The monoisotopic (exact) mass is 778 g/mol. The van der Waals surface area contributed by atoms with Crippen molar-refractivity contribution in [2.24, 2.45) is 0 Å². The van der Waals surface area contributed by atoms with Crippen molar-refractivity contribution in [2.75, 3.05) is 13.2 Å². The highest BCUT2D eigenvalue weighted by atomic mass is 16.5. The fraction of sp³-hybridized carbons (Fsp3) is 0.918. The van der Waals surface area contributed by atoms with Crippen LogP contribution in [0.1, 0.15) is 264 Å². The summed E-state index contributed by atoms with van der Waals surface area (Å²) in [5.41, 5.74) is 0. The number of aliphatic hydroxyl groups excluding tert-OH is 2. The maximum atomic E-state index is 12.4. The molecule has 6 nitrogen and oxygen atoms in total. The fourth-order valence-corrected chi connectivity index (χ4v) is 7.51. The van der Waals surface area contributed by atoms with E-state index >= 15 is 0 Å². The van der Waals surface area contributed by atoms with Gasteiger partial charge in [-0.1, -0.05) is 212 Å². The van der Waals surface area contributed by atoms with E-state index < -0.39 is 12.1 Å². The summed E-state index contributed by atoms with van der Waals surface area (Å²) in [7, 11) is 0. The number of rotatable bonds is 45. The summed E-state index contributed by atoms with van der Waals surface area (Å²) < 4.78 is 5.45. The van der Waals surface area contributed by atoms with E-state index in [9.17, 15) is 19.8 Å². The van der Waals surface area contributed by atoms with Gasteiger partial charge in [-0.3, -0.25) is 9.59 Å². The molecule has 1 amide bonds. The minimum Gasteiger partial charge on any atom is -0.466 e. The Morgan fingerprint density at radius 2 is 0.855 bits per heavy atom. The first kappa shape index (κ1) is 53.6. The van der Waals surface area contributed by atoms with Crippen LogP contribution >= 0.6 is 0 Å². The molecule has 2 unspecified atom stereocenters. The quantitative estimate of drug-likeness (QED) is 0.0325. The second kappa shape index (κ2) is 45.3. The number of hydrogen-bond acceptors (Lipinski definition) is 5. The van der Waals surface area contributed by atoms with Crippen LogP contribution in [-0.2, 0) is 14.3 Å². The smallest absolute Gasteiger partial charge is 0.305 e. The van der Waals surface area contributed by atoms with Crippen molar-refractivity contribution in [3.8, 4) is 0 Å². The molecule has 0 heterocycles. The second-order valence-corrected chi connectivity index (χ2v) is 16.8. The van der Waals surface area contributed by atoms with Gasteiger partial charge >= 0.3 is 5.97 Å². The van der Waals surface area contributed by atoms with Crippen LogP contribution in [-0.4, -0.2) is 47.4 Å². The molecule has 0 spiro atoms. The molecule has 0 rings (SSSR count). The average Bonchev–Trinajstić information content (AvgIpc) is 3.18. The molecule has 0 fully saturated rings. The molecule has 55 heavy (non-hydrogen) atoms. The summed E-state index contributed by atoms with van der Waals surface area (Å²) >= 11 is 0. The van der Waals surface area contributed by atoms with E-state index in [0.717, 1.165) is 51.4 Å². The maximum Gasteiger partial charge on any atom is 0.305 e. The average molecular weight is 778 g/mol. The Morgan fingerprint density at radius 3 is 1.29 bits per heavy atom. The minimum absolute atomic E-state index is 0.0142. The minimum atomic E-state index is -0.670. The molecular formula is C49H95NO5. The Kier molecular flexibility index (Phi) is 44.2. The summed E-state index contributed by atoms with van der Waals surface area (Å²) in [5.74, 6) is -0.0633. The number of carbonyl (C=O) groups excluding carboxylic acids is 2. The lowest BCUT2D eigenvalue weighted by molar-refractivity contribution is -0.143. The van der Waals surface area contributed by atoms with Gasteiger partial charge in [-0.25, -0.2) is 0 Å².